The minimum absolute atomic E-state index is 0.0134. The zero-order valence-electron chi connectivity index (χ0n) is 8.83. The largest absolute Gasteiger partial charge is 0.378 e. The third kappa shape index (κ3) is 3.36. The van der Waals surface area contributed by atoms with E-state index in [4.69, 9.17) is 4.74 Å². The van der Waals surface area contributed by atoms with E-state index < -0.39 is 0 Å². The summed E-state index contributed by atoms with van der Waals surface area (Å²) in [5, 5.41) is 6.11. The molecule has 0 saturated carbocycles. The van der Waals surface area contributed by atoms with Crippen molar-refractivity contribution in [3.05, 3.63) is 0 Å². The van der Waals surface area contributed by atoms with Crippen LogP contribution in [0.15, 0.2) is 0 Å². The SMILES string of the molecule is O=C(NCCC1CCCO1)C1CSCN1. The maximum Gasteiger partial charge on any atom is 0.238 e. The molecule has 0 aromatic heterocycles. The Kier molecular flexibility index (Phi) is 4.29. The molecule has 0 spiro atoms. The van der Waals surface area contributed by atoms with E-state index in [1.165, 1.54) is 6.42 Å². The van der Waals surface area contributed by atoms with Crippen molar-refractivity contribution in [1.29, 1.82) is 0 Å². The molecule has 0 aromatic rings. The first-order valence-corrected chi connectivity index (χ1v) is 6.72. The minimum Gasteiger partial charge on any atom is -0.378 e. The number of nitrogens with one attached hydrogen (secondary N) is 2. The van der Waals surface area contributed by atoms with Crippen LogP contribution in [-0.2, 0) is 9.53 Å². The molecule has 2 heterocycles. The lowest BCUT2D eigenvalue weighted by Gasteiger charge is -2.12. The fourth-order valence-electron chi connectivity index (χ4n) is 1.92. The molecule has 1 amide bonds. The van der Waals surface area contributed by atoms with Crippen molar-refractivity contribution >= 4 is 17.7 Å². The Bertz CT molecular complexity index is 213. The summed E-state index contributed by atoms with van der Waals surface area (Å²) in [6.07, 6.45) is 3.63. The van der Waals surface area contributed by atoms with Crippen LogP contribution >= 0.6 is 11.8 Å². The summed E-state index contributed by atoms with van der Waals surface area (Å²) in [5.41, 5.74) is 0. The lowest BCUT2D eigenvalue weighted by atomic mass is 10.2. The van der Waals surface area contributed by atoms with Crippen LogP contribution in [0.3, 0.4) is 0 Å². The molecule has 2 rings (SSSR count). The van der Waals surface area contributed by atoms with E-state index in [1.807, 2.05) is 0 Å². The van der Waals surface area contributed by atoms with Gasteiger partial charge in [-0.2, -0.15) is 0 Å². The molecule has 4 nitrogen and oxygen atoms in total. The van der Waals surface area contributed by atoms with Crippen molar-refractivity contribution in [2.75, 3.05) is 24.8 Å². The highest BCUT2D eigenvalue weighted by Crippen LogP contribution is 2.14. The number of amides is 1. The van der Waals surface area contributed by atoms with Gasteiger partial charge in [0.15, 0.2) is 0 Å². The minimum atomic E-state index is 0.0134. The van der Waals surface area contributed by atoms with Crippen LogP contribution in [0.1, 0.15) is 19.3 Å². The third-order valence-electron chi connectivity index (χ3n) is 2.82. The van der Waals surface area contributed by atoms with Gasteiger partial charge in [-0.1, -0.05) is 0 Å². The first kappa shape index (κ1) is 11.2. The maximum absolute atomic E-state index is 11.6. The summed E-state index contributed by atoms with van der Waals surface area (Å²) in [7, 11) is 0. The first-order valence-electron chi connectivity index (χ1n) is 5.57. The second-order valence-electron chi connectivity index (χ2n) is 3.99. The Balaban J connectivity index is 1.58. The number of hydrogen-bond acceptors (Lipinski definition) is 4. The molecule has 0 aliphatic carbocycles. The molecule has 86 valence electrons. The van der Waals surface area contributed by atoms with Gasteiger partial charge in [-0.05, 0) is 19.3 Å². The summed E-state index contributed by atoms with van der Waals surface area (Å²) in [6.45, 7) is 1.63. The Hall–Kier alpha value is -0.260. The molecular weight excluding hydrogens is 212 g/mol. The molecule has 15 heavy (non-hydrogen) atoms. The van der Waals surface area contributed by atoms with Crippen LogP contribution in [0.25, 0.3) is 0 Å². The van der Waals surface area contributed by atoms with Gasteiger partial charge in [0.2, 0.25) is 5.91 Å². The highest BCUT2D eigenvalue weighted by atomic mass is 32.2. The Morgan fingerprint density at radius 2 is 2.53 bits per heavy atom. The molecule has 0 aromatic carbocycles. The van der Waals surface area contributed by atoms with Crippen molar-refractivity contribution in [3.8, 4) is 0 Å². The fourth-order valence-corrected chi connectivity index (χ4v) is 2.86. The zero-order valence-corrected chi connectivity index (χ0v) is 9.65. The molecule has 2 fully saturated rings. The van der Waals surface area contributed by atoms with Gasteiger partial charge in [0.1, 0.15) is 0 Å². The van der Waals surface area contributed by atoms with E-state index in [0.29, 0.717) is 6.10 Å². The molecular formula is C10H18N2O2S. The van der Waals surface area contributed by atoms with Crippen molar-refractivity contribution in [2.24, 2.45) is 0 Å². The number of hydrogen-bond donors (Lipinski definition) is 2. The number of thioether (sulfide) groups is 1. The van der Waals surface area contributed by atoms with E-state index in [0.717, 1.165) is 37.6 Å². The molecule has 2 aliphatic heterocycles. The van der Waals surface area contributed by atoms with Gasteiger partial charge in [0.05, 0.1) is 12.1 Å². The van der Waals surface area contributed by atoms with Crippen molar-refractivity contribution < 1.29 is 9.53 Å². The van der Waals surface area contributed by atoms with E-state index in [2.05, 4.69) is 10.6 Å². The van der Waals surface area contributed by atoms with Crippen LogP contribution in [0, 0.1) is 0 Å². The number of carbonyl (C=O) groups excluding carboxylic acids is 1. The van der Waals surface area contributed by atoms with Crippen LogP contribution in [0.5, 0.6) is 0 Å². The Labute approximate surface area is 94.5 Å². The Morgan fingerprint density at radius 3 is 3.20 bits per heavy atom. The van der Waals surface area contributed by atoms with E-state index in [-0.39, 0.29) is 11.9 Å². The van der Waals surface area contributed by atoms with Crippen LogP contribution in [-0.4, -0.2) is 42.8 Å². The van der Waals surface area contributed by atoms with Gasteiger partial charge in [0.25, 0.3) is 0 Å². The van der Waals surface area contributed by atoms with E-state index in [9.17, 15) is 4.79 Å². The predicted molar refractivity (Wildman–Crippen MR) is 60.8 cm³/mol. The van der Waals surface area contributed by atoms with Crippen LogP contribution in [0.4, 0.5) is 0 Å². The predicted octanol–water partition coefficient (Wildman–Crippen LogP) is 0.334. The normalized spacial score (nSPS) is 30.7. The van der Waals surface area contributed by atoms with Gasteiger partial charge in [-0.3, -0.25) is 10.1 Å². The molecule has 2 saturated heterocycles. The van der Waals surface area contributed by atoms with Crippen molar-refractivity contribution in [1.82, 2.24) is 10.6 Å². The highest BCUT2D eigenvalue weighted by molar-refractivity contribution is 7.99. The Morgan fingerprint density at radius 1 is 1.60 bits per heavy atom. The molecule has 2 aliphatic rings. The van der Waals surface area contributed by atoms with Crippen molar-refractivity contribution in [3.63, 3.8) is 0 Å². The second-order valence-corrected chi connectivity index (χ2v) is 5.02. The zero-order chi connectivity index (χ0) is 10.5. The molecule has 5 heteroatoms. The van der Waals surface area contributed by atoms with Gasteiger partial charge >= 0.3 is 0 Å². The van der Waals surface area contributed by atoms with Gasteiger partial charge in [-0.25, -0.2) is 0 Å². The van der Waals surface area contributed by atoms with Crippen molar-refractivity contribution in [2.45, 2.75) is 31.4 Å². The average Bonchev–Trinajstić information content (AvgIpc) is 2.90. The lowest BCUT2D eigenvalue weighted by Crippen LogP contribution is -2.42. The summed E-state index contributed by atoms with van der Waals surface area (Å²) in [6, 6.07) is 0.0134. The maximum atomic E-state index is 11.6. The summed E-state index contributed by atoms with van der Waals surface area (Å²) < 4.78 is 5.49. The monoisotopic (exact) mass is 230 g/mol. The van der Waals surface area contributed by atoms with E-state index >= 15 is 0 Å². The fraction of sp³-hybridized carbons (Fsp3) is 0.900. The topological polar surface area (TPSA) is 50.4 Å². The quantitative estimate of drug-likeness (QED) is 0.731. The number of rotatable bonds is 4. The van der Waals surface area contributed by atoms with Crippen LogP contribution in [0.2, 0.25) is 0 Å². The summed E-state index contributed by atoms with van der Waals surface area (Å²) >= 11 is 1.77. The summed E-state index contributed by atoms with van der Waals surface area (Å²) in [5.74, 6) is 1.92. The highest BCUT2D eigenvalue weighted by Gasteiger charge is 2.22. The first-order chi connectivity index (χ1) is 7.36. The molecule has 2 N–H and O–H groups in total. The van der Waals surface area contributed by atoms with E-state index in [1.54, 1.807) is 11.8 Å². The molecule has 0 radical (unpaired) electrons. The number of carbonyl (C=O) groups is 1. The molecule has 2 unspecified atom stereocenters. The number of ether oxygens (including phenoxy) is 1. The second kappa shape index (κ2) is 5.72. The lowest BCUT2D eigenvalue weighted by molar-refractivity contribution is -0.122. The molecule has 2 atom stereocenters. The summed E-state index contributed by atoms with van der Waals surface area (Å²) in [4.78, 5) is 11.6. The molecule has 0 bridgehead atoms. The average molecular weight is 230 g/mol. The standard InChI is InChI=1S/C10H18N2O2S/c13-10(9-6-15-7-12-9)11-4-3-8-2-1-5-14-8/h8-9,12H,1-7H2,(H,11,13). The third-order valence-corrected chi connectivity index (χ3v) is 3.76. The van der Waals surface area contributed by atoms with Gasteiger partial charge < -0.3 is 10.1 Å². The van der Waals surface area contributed by atoms with Crippen LogP contribution < -0.4 is 10.6 Å². The van der Waals surface area contributed by atoms with Gasteiger partial charge in [0, 0.05) is 24.8 Å². The smallest absolute Gasteiger partial charge is 0.238 e. The van der Waals surface area contributed by atoms with Gasteiger partial charge in [-0.15, -0.1) is 11.8 Å².